The van der Waals surface area contributed by atoms with E-state index in [1.807, 2.05) is 0 Å². The summed E-state index contributed by atoms with van der Waals surface area (Å²) >= 11 is 3.18. The molecule has 0 bridgehead atoms. The first-order valence-electron chi connectivity index (χ1n) is 5.90. The van der Waals surface area contributed by atoms with Gasteiger partial charge >= 0.3 is 0 Å². The Morgan fingerprint density at radius 3 is 2.90 bits per heavy atom. The fourth-order valence-corrected chi connectivity index (χ4v) is 2.05. The second-order valence-corrected chi connectivity index (χ2v) is 5.47. The largest absolute Gasteiger partial charge is 0.466 e. The molecule has 0 fully saturated rings. The summed E-state index contributed by atoms with van der Waals surface area (Å²) < 4.78 is 19.2. The van der Waals surface area contributed by atoms with E-state index in [2.05, 4.69) is 21.2 Å². The van der Waals surface area contributed by atoms with Gasteiger partial charge in [0.25, 0.3) is 5.91 Å². The molecule has 6 heteroatoms. The maximum Gasteiger partial charge on any atom is 0.254 e. The third-order valence-corrected chi connectivity index (χ3v) is 3.31. The minimum Gasteiger partial charge on any atom is -0.466 e. The molecule has 0 radical (unpaired) electrons. The Bertz CT molecular complexity index is 611. The quantitative estimate of drug-likeness (QED) is 0.898. The van der Waals surface area contributed by atoms with Crippen LogP contribution in [0.5, 0.6) is 0 Å². The highest BCUT2D eigenvalue weighted by molar-refractivity contribution is 9.10. The molecule has 0 saturated carbocycles. The van der Waals surface area contributed by atoms with Crippen LogP contribution in [0.15, 0.2) is 45.5 Å². The molecule has 1 atom stereocenters. The lowest BCUT2D eigenvalue weighted by Crippen LogP contribution is -2.38. The first-order chi connectivity index (χ1) is 9.40. The Morgan fingerprint density at radius 1 is 1.50 bits per heavy atom. The summed E-state index contributed by atoms with van der Waals surface area (Å²) in [5.41, 5.74) is -1.45. The predicted octanol–water partition coefficient (Wildman–Crippen LogP) is 2.82. The van der Waals surface area contributed by atoms with Crippen LogP contribution in [0.2, 0.25) is 0 Å². The van der Waals surface area contributed by atoms with Crippen LogP contribution < -0.4 is 5.32 Å². The SMILES string of the molecule is CC(O)(CNC(=O)c1cc(Br)ccc1F)c1ccco1. The smallest absolute Gasteiger partial charge is 0.254 e. The van der Waals surface area contributed by atoms with Gasteiger partial charge in [0, 0.05) is 4.47 Å². The van der Waals surface area contributed by atoms with Crippen molar-refractivity contribution in [3.63, 3.8) is 0 Å². The van der Waals surface area contributed by atoms with Crippen LogP contribution in [-0.4, -0.2) is 17.6 Å². The number of aliphatic hydroxyl groups is 1. The number of halogens is 2. The Labute approximate surface area is 123 Å². The normalized spacial score (nSPS) is 13.8. The Kier molecular flexibility index (Phi) is 4.25. The Balaban J connectivity index is 2.07. The Morgan fingerprint density at radius 2 is 2.25 bits per heavy atom. The zero-order valence-electron chi connectivity index (χ0n) is 10.7. The van der Waals surface area contributed by atoms with Gasteiger partial charge in [-0.25, -0.2) is 4.39 Å². The van der Waals surface area contributed by atoms with Gasteiger partial charge in [-0.1, -0.05) is 15.9 Å². The second-order valence-electron chi connectivity index (χ2n) is 4.56. The highest BCUT2D eigenvalue weighted by Gasteiger charge is 2.27. The number of benzene rings is 1. The molecule has 1 unspecified atom stereocenters. The number of nitrogens with one attached hydrogen (secondary N) is 1. The number of amides is 1. The van der Waals surface area contributed by atoms with Crippen molar-refractivity contribution < 1.29 is 18.7 Å². The average molecular weight is 342 g/mol. The maximum absolute atomic E-state index is 13.6. The van der Waals surface area contributed by atoms with Crippen LogP contribution in [0.25, 0.3) is 0 Å². The summed E-state index contributed by atoms with van der Waals surface area (Å²) in [6.45, 7) is 1.41. The van der Waals surface area contributed by atoms with E-state index in [-0.39, 0.29) is 12.1 Å². The van der Waals surface area contributed by atoms with Crippen LogP contribution in [-0.2, 0) is 5.60 Å². The zero-order valence-corrected chi connectivity index (χ0v) is 12.3. The van der Waals surface area contributed by atoms with E-state index in [9.17, 15) is 14.3 Å². The minimum atomic E-state index is -1.36. The van der Waals surface area contributed by atoms with E-state index in [1.54, 1.807) is 12.1 Å². The standard InChI is InChI=1S/C14H13BrFNO3/c1-14(19,12-3-2-6-20-12)8-17-13(18)10-7-9(15)4-5-11(10)16/h2-7,19H,8H2,1H3,(H,17,18). The third kappa shape index (κ3) is 3.26. The van der Waals surface area contributed by atoms with Crippen molar-refractivity contribution in [3.8, 4) is 0 Å². The van der Waals surface area contributed by atoms with Crippen LogP contribution in [0, 0.1) is 5.82 Å². The molecule has 1 aromatic heterocycles. The summed E-state index contributed by atoms with van der Waals surface area (Å²) in [6.07, 6.45) is 1.43. The van der Waals surface area contributed by atoms with Gasteiger partial charge in [0.15, 0.2) is 0 Å². The second kappa shape index (κ2) is 5.76. The molecule has 0 spiro atoms. The lowest BCUT2D eigenvalue weighted by Gasteiger charge is -2.21. The van der Waals surface area contributed by atoms with Crippen molar-refractivity contribution in [2.45, 2.75) is 12.5 Å². The number of hydrogen-bond acceptors (Lipinski definition) is 3. The molecular weight excluding hydrogens is 329 g/mol. The molecule has 2 rings (SSSR count). The van der Waals surface area contributed by atoms with Crippen molar-refractivity contribution in [1.29, 1.82) is 0 Å². The van der Waals surface area contributed by atoms with Gasteiger partial charge < -0.3 is 14.8 Å². The van der Waals surface area contributed by atoms with Crippen molar-refractivity contribution in [2.24, 2.45) is 0 Å². The monoisotopic (exact) mass is 341 g/mol. The van der Waals surface area contributed by atoms with Crippen molar-refractivity contribution >= 4 is 21.8 Å². The van der Waals surface area contributed by atoms with Gasteiger partial charge in [-0.2, -0.15) is 0 Å². The number of carbonyl (C=O) groups excluding carboxylic acids is 1. The van der Waals surface area contributed by atoms with Crippen LogP contribution in [0.1, 0.15) is 23.0 Å². The molecule has 20 heavy (non-hydrogen) atoms. The van der Waals surface area contributed by atoms with E-state index in [4.69, 9.17) is 4.42 Å². The number of rotatable bonds is 4. The van der Waals surface area contributed by atoms with Gasteiger partial charge in [-0.05, 0) is 37.3 Å². The van der Waals surface area contributed by atoms with Crippen molar-refractivity contribution in [2.75, 3.05) is 6.54 Å². The molecule has 1 amide bonds. The van der Waals surface area contributed by atoms with E-state index < -0.39 is 17.3 Å². The molecular formula is C14H13BrFNO3. The molecule has 2 aromatic rings. The summed E-state index contributed by atoms with van der Waals surface area (Å²) in [5, 5.41) is 12.7. The van der Waals surface area contributed by atoms with Crippen LogP contribution >= 0.6 is 15.9 Å². The number of furan rings is 1. The minimum absolute atomic E-state index is 0.0883. The van der Waals surface area contributed by atoms with Crippen LogP contribution in [0.3, 0.4) is 0 Å². The van der Waals surface area contributed by atoms with E-state index in [0.717, 1.165) is 0 Å². The average Bonchev–Trinajstić information content (AvgIpc) is 2.93. The first-order valence-corrected chi connectivity index (χ1v) is 6.69. The summed E-state index contributed by atoms with van der Waals surface area (Å²) in [6, 6.07) is 7.33. The van der Waals surface area contributed by atoms with Gasteiger partial charge in [0.05, 0.1) is 18.4 Å². The molecule has 0 aliphatic carbocycles. The zero-order chi connectivity index (χ0) is 14.8. The van der Waals surface area contributed by atoms with Gasteiger partial charge in [-0.3, -0.25) is 4.79 Å². The van der Waals surface area contributed by atoms with E-state index in [0.29, 0.717) is 10.2 Å². The van der Waals surface area contributed by atoms with E-state index in [1.165, 1.54) is 31.4 Å². The predicted molar refractivity (Wildman–Crippen MR) is 74.7 cm³/mol. The molecule has 0 aliphatic heterocycles. The maximum atomic E-state index is 13.6. The fraction of sp³-hybridized carbons (Fsp3) is 0.214. The van der Waals surface area contributed by atoms with Gasteiger partial charge in [0.1, 0.15) is 17.2 Å². The van der Waals surface area contributed by atoms with Crippen molar-refractivity contribution in [1.82, 2.24) is 5.32 Å². The van der Waals surface area contributed by atoms with Gasteiger partial charge in [0.2, 0.25) is 0 Å². The number of carbonyl (C=O) groups is 1. The molecule has 2 N–H and O–H groups in total. The molecule has 0 aliphatic rings. The molecule has 1 aromatic carbocycles. The Hall–Kier alpha value is -1.66. The highest BCUT2D eigenvalue weighted by atomic mass is 79.9. The first kappa shape index (κ1) is 14.7. The number of hydrogen-bond donors (Lipinski definition) is 2. The molecule has 4 nitrogen and oxygen atoms in total. The lowest BCUT2D eigenvalue weighted by atomic mass is 10.0. The van der Waals surface area contributed by atoms with Crippen LogP contribution in [0.4, 0.5) is 4.39 Å². The lowest BCUT2D eigenvalue weighted by molar-refractivity contribution is 0.0329. The molecule has 106 valence electrons. The highest BCUT2D eigenvalue weighted by Crippen LogP contribution is 2.20. The molecule has 1 heterocycles. The third-order valence-electron chi connectivity index (χ3n) is 2.82. The summed E-state index contributed by atoms with van der Waals surface area (Å²) in [4.78, 5) is 11.9. The van der Waals surface area contributed by atoms with Crippen molar-refractivity contribution in [3.05, 3.63) is 58.2 Å². The molecule has 0 saturated heterocycles. The van der Waals surface area contributed by atoms with E-state index >= 15 is 0 Å². The fourth-order valence-electron chi connectivity index (χ4n) is 1.69. The summed E-state index contributed by atoms with van der Waals surface area (Å²) in [7, 11) is 0. The van der Waals surface area contributed by atoms with Gasteiger partial charge in [-0.15, -0.1) is 0 Å². The summed E-state index contributed by atoms with van der Waals surface area (Å²) in [5.74, 6) is -0.897. The topological polar surface area (TPSA) is 62.5 Å².